The molecule has 0 spiro atoms. The Morgan fingerprint density at radius 1 is 1.45 bits per heavy atom. The number of halogens is 3. The van der Waals surface area contributed by atoms with E-state index in [-0.39, 0.29) is 10.6 Å². The Morgan fingerprint density at radius 3 is 2.80 bits per heavy atom. The van der Waals surface area contributed by atoms with Crippen molar-refractivity contribution in [2.75, 3.05) is 5.32 Å². The molecule has 0 saturated heterocycles. The van der Waals surface area contributed by atoms with Crippen molar-refractivity contribution in [2.24, 2.45) is 7.05 Å². The summed E-state index contributed by atoms with van der Waals surface area (Å²) >= 11 is -0.421. The van der Waals surface area contributed by atoms with E-state index >= 15 is 0 Å². The molecule has 0 saturated carbocycles. The molecule has 2 aromatic rings. The SMILES string of the molecule is Cn1cc(NC(=O)c2cccnc2SC(F)(F)F)cn1. The van der Waals surface area contributed by atoms with Gasteiger partial charge in [-0.15, -0.1) is 0 Å². The summed E-state index contributed by atoms with van der Waals surface area (Å²) in [5.74, 6) is -0.669. The van der Waals surface area contributed by atoms with E-state index in [4.69, 9.17) is 0 Å². The lowest BCUT2D eigenvalue weighted by atomic mass is 10.2. The second-order valence-corrected chi connectivity index (χ2v) is 4.81. The second kappa shape index (κ2) is 5.53. The van der Waals surface area contributed by atoms with Crippen molar-refractivity contribution in [2.45, 2.75) is 10.5 Å². The van der Waals surface area contributed by atoms with E-state index in [9.17, 15) is 18.0 Å². The molecule has 0 fully saturated rings. The van der Waals surface area contributed by atoms with Crippen LogP contribution in [0.4, 0.5) is 18.9 Å². The molecule has 0 aliphatic heterocycles. The van der Waals surface area contributed by atoms with E-state index in [2.05, 4.69) is 15.4 Å². The van der Waals surface area contributed by atoms with Crippen LogP contribution in [0.5, 0.6) is 0 Å². The van der Waals surface area contributed by atoms with Gasteiger partial charge in [0.05, 0.1) is 17.4 Å². The van der Waals surface area contributed by atoms with Crippen molar-refractivity contribution in [3.05, 3.63) is 36.3 Å². The first-order chi connectivity index (χ1) is 9.35. The van der Waals surface area contributed by atoms with Crippen molar-refractivity contribution < 1.29 is 18.0 Å². The zero-order valence-corrected chi connectivity index (χ0v) is 11.0. The highest BCUT2D eigenvalue weighted by molar-refractivity contribution is 8.00. The van der Waals surface area contributed by atoms with E-state index in [0.717, 1.165) is 0 Å². The van der Waals surface area contributed by atoms with Gasteiger partial charge in [-0.1, -0.05) is 0 Å². The highest BCUT2D eigenvalue weighted by Gasteiger charge is 2.32. The number of nitrogens with one attached hydrogen (secondary N) is 1. The average Bonchev–Trinajstić information content (AvgIpc) is 2.73. The normalized spacial score (nSPS) is 11.4. The first kappa shape index (κ1) is 14.4. The first-order valence-electron chi connectivity index (χ1n) is 5.36. The maximum Gasteiger partial charge on any atom is 0.447 e. The largest absolute Gasteiger partial charge is 0.447 e. The van der Waals surface area contributed by atoms with Gasteiger partial charge in [0.2, 0.25) is 0 Å². The van der Waals surface area contributed by atoms with Crippen molar-refractivity contribution in [3.8, 4) is 0 Å². The summed E-state index contributed by atoms with van der Waals surface area (Å²) in [6, 6.07) is 2.69. The van der Waals surface area contributed by atoms with Crippen molar-refractivity contribution in [1.82, 2.24) is 14.8 Å². The fourth-order valence-corrected chi connectivity index (χ4v) is 2.04. The molecule has 5 nitrogen and oxygen atoms in total. The lowest BCUT2D eigenvalue weighted by Crippen LogP contribution is -2.14. The predicted molar refractivity (Wildman–Crippen MR) is 67.3 cm³/mol. The van der Waals surface area contributed by atoms with E-state index in [1.54, 1.807) is 7.05 Å². The number of nitrogens with zero attached hydrogens (tertiary/aromatic N) is 3. The maximum absolute atomic E-state index is 12.4. The standard InChI is InChI=1S/C11H9F3N4OS/c1-18-6-7(5-16-18)17-9(19)8-3-2-4-15-10(8)20-11(12,13)14/h2-6H,1H3,(H,17,19). The smallest absolute Gasteiger partial charge is 0.319 e. The highest BCUT2D eigenvalue weighted by atomic mass is 32.2. The van der Waals surface area contributed by atoms with Gasteiger partial charge in [0.15, 0.2) is 0 Å². The molecular formula is C11H9F3N4OS. The van der Waals surface area contributed by atoms with E-state index in [1.807, 2.05) is 0 Å². The summed E-state index contributed by atoms with van der Waals surface area (Å²) in [6.07, 6.45) is 4.13. The van der Waals surface area contributed by atoms with Gasteiger partial charge in [-0.05, 0) is 12.1 Å². The van der Waals surface area contributed by atoms with Gasteiger partial charge >= 0.3 is 5.51 Å². The lowest BCUT2D eigenvalue weighted by Gasteiger charge is -2.09. The molecule has 0 bridgehead atoms. The Hall–Kier alpha value is -2.03. The minimum absolute atomic E-state index is 0.140. The molecule has 2 heterocycles. The van der Waals surface area contributed by atoms with Crippen LogP contribution in [0.15, 0.2) is 35.7 Å². The Labute approximate surface area is 116 Å². The maximum atomic E-state index is 12.4. The van der Waals surface area contributed by atoms with E-state index in [0.29, 0.717) is 5.69 Å². The van der Waals surface area contributed by atoms with Crippen molar-refractivity contribution in [1.29, 1.82) is 0 Å². The number of pyridine rings is 1. The molecule has 0 radical (unpaired) electrons. The summed E-state index contributed by atoms with van der Waals surface area (Å²) in [7, 11) is 1.66. The second-order valence-electron chi connectivity index (χ2n) is 3.76. The molecule has 0 atom stereocenters. The summed E-state index contributed by atoms with van der Waals surface area (Å²) in [4.78, 5) is 15.6. The zero-order valence-electron chi connectivity index (χ0n) is 10.2. The summed E-state index contributed by atoms with van der Waals surface area (Å²) in [5, 5.41) is 5.92. The topological polar surface area (TPSA) is 59.8 Å². The molecule has 20 heavy (non-hydrogen) atoms. The predicted octanol–water partition coefficient (Wildman–Crippen LogP) is 2.68. The Balaban J connectivity index is 2.21. The van der Waals surface area contributed by atoms with Gasteiger partial charge in [-0.3, -0.25) is 9.48 Å². The van der Waals surface area contributed by atoms with Crippen LogP contribution in [0, 0.1) is 0 Å². The van der Waals surface area contributed by atoms with Gasteiger partial charge in [-0.25, -0.2) is 4.98 Å². The van der Waals surface area contributed by atoms with Crippen LogP contribution in [0.1, 0.15) is 10.4 Å². The van der Waals surface area contributed by atoms with Crippen LogP contribution < -0.4 is 5.32 Å². The van der Waals surface area contributed by atoms with Gasteiger partial charge < -0.3 is 5.32 Å². The molecule has 0 aliphatic rings. The van der Waals surface area contributed by atoms with Gasteiger partial charge in [0, 0.05) is 31.2 Å². The number of anilines is 1. The number of aromatic nitrogens is 3. The van der Waals surface area contributed by atoms with E-state index < -0.39 is 23.2 Å². The minimum atomic E-state index is -4.50. The number of carbonyl (C=O) groups is 1. The van der Waals surface area contributed by atoms with Crippen LogP contribution in [-0.4, -0.2) is 26.2 Å². The molecular weight excluding hydrogens is 293 g/mol. The number of thioether (sulfide) groups is 1. The molecule has 2 rings (SSSR count). The number of amides is 1. The fraction of sp³-hybridized carbons (Fsp3) is 0.182. The van der Waals surface area contributed by atoms with E-state index in [1.165, 1.54) is 35.4 Å². The molecule has 1 N–H and O–H groups in total. The zero-order chi connectivity index (χ0) is 14.8. The third-order valence-electron chi connectivity index (χ3n) is 2.19. The Kier molecular flexibility index (Phi) is 3.98. The molecule has 0 aliphatic carbocycles. The third kappa shape index (κ3) is 3.73. The van der Waals surface area contributed by atoms with Crippen molar-refractivity contribution in [3.63, 3.8) is 0 Å². The summed E-state index contributed by atoms with van der Waals surface area (Å²) in [6.45, 7) is 0. The highest BCUT2D eigenvalue weighted by Crippen LogP contribution is 2.37. The van der Waals surface area contributed by atoms with Gasteiger partial charge in [-0.2, -0.15) is 18.3 Å². The first-order valence-corrected chi connectivity index (χ1v) is 6.17. The van der Waals surface area contributed by atoms with Crippen molar-refractivity contribution >= 4 is 23.4 Å². The number of alkyl halides is 3. The number of rotatable bonds is 3. The third-order valence-corrected chi connectivity index (χ3v) is 2.94. The van der Waals surface area contributed by atoms with Crippen LogP contribution in [0.25, 0.3) is 0 Å². The fourth-order valence-electron chi connectivity index (χ4n) is 1.44. The number of carbonyl (C=O) groups excluding carboxylic acids is 1. The average molecular weight is 302 g/mol. The summed E-state index contributed by atoms with van der Waals surface area (Å²) in [5.41, 5.74) is -4.25. The molecule has 106 valence electrons. The van der Waals surface area contributed by atoms with Crippen LogP contribution in [0.2, 0.25) is 0 Å². The van der Waals surface area contributed by atoms with Crippen LogP contribution in [0.3, 0.4) is 0 Å². The number of hydrogen-bond acceptors (Lipinski definition) is 4. The number of hydrogen-bond donors (Lipinski definition) is 1. The summed E-state index contributed by atoms with van der Waals surface area (Å²) < 4.78 is 38.6. The number of aryl methyl sites for hydroxylation is 1. The molecule has 2 aromatic heterocycles. The molecule has 0 aromatic carbocycles. The van der Waals surface area contributed by atoms with Crippen LogP contribution in [-0.2, 0) is 7.05 Å². The Morgan fingerprint density at radius 2 is 2.20 bits per heavy atom. The Bertz CT molecular complexity index is 626. The molecule has 1 amide bonds. The lowest BCUT2D eigenvalue weighted by molar-refractivity contribution is -0.0329. The van der Waals surface area contributed by atoms with Crippen LogP contribution >= 0.6 is 11.8 Å². The molecule has 9 heteroatoms. The monoisotopic (exact) mass is 302 g/mol. The minimum Gasteiger partial charge on any atom is -0.319 e. The van der Waals surface area contributed by atoms with Gasteiger partial charge in [0.1, 0.15) is 5.03 Å². The molecule has 0 unspecified atom stereocenters. The van der Waals surface area contributed by atoms with Gasteiger partial charge in [0.25, 0.3) is 5.91 Å². The quantitative estimate of drug-likeness (QED) is 0.886.